The lowest BCUT2D eigenvalue weighted by molar-refractivity contribution is 0.0927. The topological polar surface area (TPSA) is 35.6 Å². The second-order valence-electron chi connectivity index (χ2n) is 11.1. The number of hydrogen-bond donors (Lipinski definition) is 1. The van der Waals surface area contributed by atoms with Crippen LogP contribution >= 0.6 is 0 Å². The van der Waals surface area contributed by atoms with E-state index >= 15 is 0 Å². The Morgan fingerprint density at radius 1 is 0.737 bits per heavy atom. The van der Waals surface area contributed by atoms with Gasteiger partial charge in [0.05, 0.1) is 0 Å². The normalized spacial score (nSPS) is 17.5. The number of nitrogens with zero attached hydrogens (tertiary/aromatic N) is 2. The lowest BCUT2D eigenvalue weighted by Gasteiger charge is -2.35. The molecule has 1 amide bonds. The Kier molecular flexibility index (Phi) is 9.63. The Bertz CT molecular complexity index is 1080. The van der Waals surface area contributed by atoms with Gasteiger partial charge in [0.15, 0.2) is 0 Å². The summed E-state index contributed by atoms with van der Waals surface area (Å²) < 4.78 is 0. The molecule has 2 fully saturated rings. The van der Waals surface area contributed by atoms with Crippen LogP contribution in [-0.2, 0) is 6.42 Å². The predicted molar refractivity (Wildman–Crippen MR) is 157 cm³/mol. The zero-order chi connectivity index (χ0) is 26.0. The van der Waals surface area contributed by atoms with E-state index in [-0.39, 0.29) is 5.91 Å². The molecule has 1 saturated carbocycles. The van der Waals surface area contributed by atoms with E-state index in [0.717, 1.165) is 70.5 Å². The largest absolute Gasteiger partial charge is 0.349 e. The Labute approximate surface area is 229 Å². The monoisotopic (exact) mass is 509 g/mol. The molecule has 1 N–H and O–H groups in total. The van der Waals surface area contributed by atoms with Crippen LogP contribution in [0.2, 0.25) is 0 Å². The number of carbonyl (C=O) groups is 1. The van der Waals surface area contributed by atoms with Gasteiger partial charge >= 0.3 is 0 Å². The van der Waals surface area contributed by atoms with Crippen molar-refractivity contribution in [3.05, 3.63) is 107 Å². The lowest BCUT2D eigenvalue weighted by Crippen LogP contribution is -2.47. The van der Waals surface area contributed by atoms with Crippen LogP contribution in [0.3, 0.4) is 0 Å². The highest BCUT2D eigenvalue weighted by Gasteiger charge is 2.20. The van der Waals surface area contributed by atoms with E-state index in [1.807, 2.05) is 12.1 Å². The van der Waals surface area contributed by atoms with Crippen molar-refractivity contribution in [1.82, 2.24) is 15.1 Å². The zero-order valence-corrected chi connectivity index (χ0v) is 22.7. The number of nitrogens with one attached hydrogen (secondary N) is 1. The van der Waals surface area contributed by atoms with Gasteiger partial charge in [-0.3, -0.25) is 4.79 Å². The first-order valence-electron chi connectivity index (χ1n) is 14.7. The summed E-state index contributed by atoms with van der Waals surface area (Å²) in [5.41, 5.74) is 4.89. The fourth-order valence-corrected chi connectivity index (χ4v) is 6.12. The predicted octanol–water partition coefficient (Wildman–Crippen LogP) is 6.13. The summed E-state index contributed by atoms with van der Waals surface area (Å²) in [5.74, 6) is 0.537. The molecule has 4 heteroatoms. The summed E-state index contributed by atoms with van der Waals surface area (Å²) in [6, 6.07) is 30.5. The second-order valence-corrected chi connectivity index (χ2v) is 11.1. The molecule has 0 unspecified atom stereocenters. The van der Waals surface area contributed by atoms with Gasteiger partial charge in [-0.05, 0) is 61.1 Å². The summed E-state index contributed by atoms with van der Waals surface area (Å²) in [5, 5.41) is 3.26. The average molecular weight is 510 g/mol. The Morgan fingerprint density at radius 3 is 1.97 bits per heavy atom. The maximum Gasteiger partial charge on any atom is 0.251 e. The van der Waals surface area contributed by atoms with Gasteiger partial charge in [0.2, 0.25) is 0 Å². The van der Waals surface area contributed by atoms with Crippen molar-refractivity contribution in [2.75, 3.05) is 39.3 Å². The Hall–Kier alpha value is -2.95. The number of piperazine rings is 1. The molecule has 0 radical (unpaired) electrons. The van der Waals surface area contributed by atoms with E-state index in [9.17, 15) is 4.79 Å². The van der Waals surface area contributed by atoms with E-state index in [0.29, 0.717) is 12.0 Å². The van der Waals surface area contributed by atoms with Crippen LogP contribution < -0.4 is 5.32 Å². The van der Waals surface area contributed by atoms with Crippen LogP contribution in [-0.4, -0.2) is 61.0 Å². The maximum atomic E-state index is 12.8. The highest BCUT2D eigenvalue weighted by atomic mass is 16.1. The van der Waals surface area contributed by atoms with Gasteiger partial charge in [-0.1, -0.05) is 92.1 Å². The van der Waals surface area contributed by atoms with Crippen LogP contribution in [0.5, 0.6) is 0 Å². The molecule has 0 atom stereocenters. The van der Waals surface area contributed by atoms with Crippen molar-refractivity contribution in [3.8, 4) is 0 Å². The van der Waals surface area contributed by atoms with Gasteiger partial charge in [0.1, 0.15) is 0 Å². The first-order valence-corrected chi connectivity index (χ1v) is 14.7. The molecule has 0 bridgehead atoms. The fraction of sp³-hybridized carbons (Fsp3) is 0.441. The van der Waals surface area contributed by atoms with Crippen molar-refractivity contribution < 1.29 is 4.79 Å². The molecule has 3 aromatic carbocycles. The van der Waals surface area contributed by atoms with Gasteiger partial charge in [0.25, 0.3) is 5.91 Å². The quantitative estimate of drug-likeness (QED) is 0.357. The number of amides is 1. The third-order valence-electron chi connectivity index (χ3n) is 8.45. The minimum atomic E-state index is 0.0941. The van der Waals surface area contributed by atoms with E-state index < -0.39 is 0 Å². The molecule has 1 heterocycles. The third-order valence-corrected chi connectivity index (χ3v) is 8.45. The summed E-state index contributed by atoms with van der Waals surface area (Å²) >= 11 is 0. The van der Waals surface area contributed by atoms with Gasteiger partial charge in [0, 0.05) is 50.2 Å². The van der Waals surface area contributed by atoms with Crippen molar-refractivity contribution in [2.24, 2.45) is 0 Å². The molecule has 3 aromatic rings. The highest BCUT2D eigenvalue weighted by Crippen LogP contribution is 2.28. The van der Waals surface area contributed by atoms with Crippen molar-refractivity contribution in [2.45, 2.75) is 56.9 Å². The smallest absolute Gasteiger partial charge is 0.251 e. The molecule has 1 saturated heterocycles. The first-order chi connectivity index (χ1) is 18.7. The summed E-state index contributed by atoms with van der Waals surface area (Å²) in [4.78, 5) is 18.0. The van der Waals surface area contributed by atoms with Crippen LogP contribution in [0.25, 0.3) is 0 Å². The average Bonchev–Trinajstić information content (AvgIpc) is 2.98. The maximum absolute atomic E-state index is 12.8. The Morgan fingerprint density at radius 2 is 1.34 bits per heavy atom. The van der Waals surface area contributed by atoms with E-state index in [1.54, 1.807) is 0 Å². The van der Waals surface area contributed by atoms with Crippen molar-refractivity contribution in [1.29, 1.82) is 0 Å². The molecule has 38 heavy (non-hydrogen) atoms. The molecule has 0 spiro atoms. The highest BCUT2D eigenvalue weighted by molar-refractivity contribution is 5.94. The second kappa shape index (κ2) is 13.7. The van der Waals surface area contributed by atoms with Crippen LogP contribution in [0.4, 0.5) is 0 Å². The van der Waals surface area contributed by atoms with Crippen molar-refractivity contribution >= 4 is 5.91 Å². The van der Waals surface area contributed by atoms with Crippen LogP contribution in [0.1, 0.15) is 71.5 Å². The number of benzene rings is 3. The molecule has 0 aromatic heterocycles. The van der Waals surface area contributed by atoms with Gasteiger partial charge in [-0.2, -0.15) is 0 Å². The number of hydrogen-bond acceptors (Lipinski definition) is 3. The summed E-state index contributed by atoms with van der Waals surface area (Å²) in [6.45, 7) is 6.66. The van der Waals surface area contributed by atoms with Gasteiger partial charge in [-0.15, -0.1) is 0 Å². The summed E-state index contributed by atoms with van der Waals surface area (Å²) in [6.07, 6.45) is 8.15. The SMILES string of the molecule is O=C(NC1CCCCC1)c1cccc(CCN2CCN(CCC(c3ccccc3)c3ccccc3)CC2)c1. The van der Waals surface area contributed by atoms with E-state index in [2.05, 4.69) is 87.9 Å². The van der Waals surface area contributed by atoms with Crippen LogP contribution in [0.15, 0.2) is 84.9 Å². The third kappa shape index (κ3) is 7.55. The molecule has 1 aliphatic carbocycles. The molecule has 2 aliphatic rings. The molecular formula is C34H43N3O. The number of carbonyl (C=O) groups excluding carboxylic acids is 1. The minimum absolute atomic E-state index is 0.0941. The number of rotatable bonds is 10. The summed E-state index contributed by atoms with van der Waals surface area (Å²) in [7, 11) is 0. The lowest BCUT2D eigenvalue weighted by atomic mass is 9.88. The first kappa shape index (κ1) is 26.6. The molecule has 1 aliphatic heterocycles. The zero-order valence-electron chi connectivity index (χ0n) is 22.7. The fourth-order valence-electron chi connectivity index (χ4n) is 6.12. The van der Waals surface area contributed by atoms with Crippen molar-refractivity contribution in [3.63, 3.8) is 0 Å². The van der Waals surface area contributed by atoms with Crippen LogP contribution in [0, 0.1) is 0 Å². The molecule has 4 nitrogen and oxygen atoms in total. The van der Waals surface area contributed by atoms with Gasteiger partial charge < -0.3 is 15.1 Å². The standard InChI is InChI=1S/C34H43N3O/c38-34(35-32-17-8-3-9-18-32)31-16-10-11-28(27-31)19-21-36-23-25-37(26-24-36)22-20-33(29-12-4-1-5-13-29)30-14-6-2-7-15-30/h1-2,4-7,10-16,27,32-33H,3,8-9,17-26H2,(H,35,38). The van der Waals surface area contributed by atoms with Gasteiger partial charge in [-0.25, -0.2) is 0 Å². The van der Waals surface area contributed by atoms with E-state index in [4.69, 9.17) is 0 Å². The Balaban J connectivity index is 1.07. The minimum Gasteiger partial charge on any atom is -0.349 e. The molecule has 200 valence electrons. The molecule has 5 rings (SSSR count). The molecular weight excluding hydrogens is 466 g/mol. The van der Waals surface area contributed by atoms with E-state index in [1.165, 1.54) is 36.0 Å².